The lowest BCUT2D eigenvalue weighted by molar-refractivity contribution is -0.134. The smallest absolute Gasteiger partial charge is 0.410 e. The van der Waals surface area contributed by atoms with Crippen molar-refractivity contribution in [2.24, 2.45) is 5.92 Å². The highest BCUT2D eigenvalue weighted by atomic mass is 16.6. The second-order valence-electron chi connectivity index (χ2n) is 6.58. The Hall–Kier alpha value is -1.79. The predicted octanol–water partition coefficient (Wildman–Crippen LogP) is 0.592. The average molecular weight is 311 g/mol. The number of nitrogens with zero attached hydrogens (tertiary/aromatic N) is 2. The van der Waals surface area contributed by atoms with Crippen LogP contribution in [0.3, 0.4) is 0 Å². The van der Waals surface area contributed by atoms with Gasteiger partial charge in [0, 0.05) is 32.5 Å². The van der Waals surface area contributed by atoms with E-state index < -0.39 is 5.54 Å². The molecule has 0 spiro atoms. The van der Waals surface area contributed by atoms with Gasteiger partial charge in [-0.15, -0.1) is 0 Å². The molecule has 1 N–H and O–H groups in total. The molecule has 0 unspecified atom stereocenters. The molecular formula is C15H25N3O4. The lowest BCUT2D eigenvalue weighted by Crippen LogP contribution is -2.53. The van der Waals surface area contributed by atoms with Crippen LogP contribution in [0.25, 0.3) is 0 Å². The minimum atomic E-state index is -0.469. The molecule has 0 aromatic rings. The van der Waals surface area contributed by atoms with E-state index in [0.29, 0.717) is 45.6 Å². The summed E-state index contributed by atoms with van der Waals surface area (Å²) in [7, 11) is 0. The molecule has 0 aromatic carbocycles. The van der Waals surface area contributed by atoms with Crippen LogP contribution in [-0.2, 0) is 14.3 Å². The Morgan fingerprint density at radius 1 is 1.27 bits per heavy atom. The molecule has 2 saturated heterocycles. The average Bonchev–Trinajstić information content (AvgIpc) is 2.92. The first-order valence-electron chi connectivity index (χ1n) is 7.79. The van der Waals surface area contributed by atoms with Crippen LogP contribution in [0.2, 0.25) is 0 Å². The van der Waals surface area contributed by atoms with Crippen LogP contribution in [-0.4, -0.2) is 66.0 Å². The fourth-order valence-corrected chi connectivity index (χ4v) is 2.94. The first-order valence-corrected chi connectivity index (χ1v) is 7.79. The molecule has 0 radical (unpaired) electrons. The number of likely N-dealkylation sites (tertiary alicyclic amines) is 1. The van der Waals surface area contributed by atoms with Crippen molar-refractivity contribution in [3.63, 3.8) is 0 Å². The summed E-state index contributed by atoms with van der Waals surface area (Å²) in [6, 6.07) is 0. The van der Waals surface area contributed by atoms with Gasteiger partial charge in [-0.25, -0.2) is 4.79 Å². The van der Waals surface area contributed by atoms with Gasteiger partial charge in [0.15, 0.2) is 0 Å². The van der Waals surface area contributed by atoms with E-state index in [4.69, 9.17) is 4.74 Å². The quantitative estimate of drug-likeness (QED) is 0.824. The van der Waals surface area contributed by atoms with Crippen molar-refractivity contribution in [3.8, 4) is 0 Å². The molecule has 22 heavy (non-hydrogen) atoms. The molecule has 0 saturated carbocycles. The molecule has 2 rings (SSSR count). The van der Waals surface area contributed by atoms with E-state index in [0.717, 1.165) is 0 Å². The van der Waals surface area contributed by atoms with Crippen LogP contribution in [0.15, 0.2) is 0 Å². The standard InChI is InChI=1S/C15H25N3O4/c1-11(19)17-6-4-12(5-7-17)13(20)16-10-15(2,3)18-8-9-22-14(18)21/h12H,4-10H2,1-3H3,(H,16,20). The molecule has 124 valence electrons. The molecule has 0 atom stereocenters. The van der Waals surface area contributed by atoms with Gasteiger partial charge in [0.25, 0.3) is 0 Å². The number of carbonyl (C=O) groups excluding carboxylic acids is 3. The number of nitrogens with one attached hydrogen (secondary N) is 1. The van der Waals surface area contributed by atoms with Gasteiger partial charge in [0.1, 0.15) is 6.61 Å². The van der Waals surface area contributed by atoms with Crippen LogP contribution < -0.4 is 5.32 Å². The molecule has 0 aliphatic carbocycles. The van der Waals surface area contributed by atoms with Crippen molar-refractivity contribution >= 4 is 17.9 Å². The Balaban J connectivity index is 1.80. The lowest BCUT2D eigenvalue weighted by Gasteiger charge is -2.35. The maximum Gasteiger partial charge on any atom is 0.410 e. The maximum absolute atomic E-state index is 12.3. The summed E-state index contributed by atoms with van der Waals surface area (Å²) in [6.45, 7) is 8.01. The summed E-state index contributed by atoms with van der Waals surface area (Å²) < 4.78 is 4.95. The van der Waals surface area contributed by atoms with E-state index in [2.05, 4.69) is 5.32 Å². The van der Waals surface area contributed by atoms with Gasteiger partial charge in [0.05, 0.1) is 12.1 Å². The van der Waals surface area contributed by atoms with Gasteiger partial charge in [0.2, 0.25) is 11.8 Å². The third kappa shape index (κ3) is 3.69. The van der Waals surface area contributed by atoms with Crippen molar-refractivity contribution < 1.29 is 19.1 Å². The summed E-state index contributed by atoms with van der Waals surface area (Å²) in [5.41, 5.74) is -0.469. The first-order chi connectivity index (χ1) is 10.3. The molecule has 2 fully saturated rings. The lowest BCUT2D eigenvalue weighted by atomic mass is 9.95. The second kappa shape index (κ2) is 6.54. The maximum atomic E-state index is 12.3. The first kappa shape index (κ1) is 16.6. The Morgan fingerprint density at radius 3 is 2.41 bits per heavy atom. The number of cyclic esters (lactones) is 1. The zero-order valence-electron chi connectivity index (χ0n) is 13.6. The number of amides is 3. The Kier molecular flexibility index (Phi) is 4.93. The van der Waals surface area contributed by atoms with E-state index in [-0.39, 0.29) is 23.8 Å². The van der Waals surface area contributed by atoms with Crippen molar-refractivity contribution in [2.45, 2.75) is 39.2 Å². The van der Waals surface area contributed by atoms with E-state index in [9.17, 15) is 14.4 Å². The Morgan fingerprint density at radius 2 is 1.91 bits per heavy atom. The topological polar surface area (TPSA) is 79.0 Å². The summed E-state index contributed by atoms with van der Waals surface area (Å²) in [5, 5.41) is 2.94. The number of hydrogen-bond acceptors (Lipinski definition) is 4. The Bertz CT molecular complexity index is 456. The zero-order chi connectivity index (χ0) is 16.3. The molecule has 7 heteroatoms. The molecular weight excluding hydrogens is 286 g/mol. The van der Waals surface area contributed by atoms with Crippen molar-refractivity contribution in [3.05, 3.63) is 0 Å². The fourth-order valence-electron chi connectivity index (χ4n) is 2.94. The van der Waals surface area contributed by atoms with E-state index >= 15 is 0 Å². The summed E-state index contributed by atoms with van der Waals surface area (Å²) in [5.74, 6) is 0.00769. The van der Waals surface area contributed by atoms with Crippen molar-refractivity contribution in [2.75, 3.05) is 32.8 Å². The SMILES string of the molecule is CC(=O)N1CCC(C(=O)NCC(C)(C)N2CCOC2=O)CC1. The molecule has 2 heterocycles. The Labute approximate surface area is 131 Å². The molecule has 2 aliphatic heterocycles. The van der Waals surface area contributed by atoms with E-state index in [1.807, 2.05) is 13.8 Å². The largest absolute Gasteiger partial charge is 0.448 e. The minimum absolute atomic E-state index is 0.00356. The number of rotatable bonds is 4. The van der Waals surface area contributed by atoms with Gasteiger partial charge in [-0.05, 0) is 26.7 Å². The summed E-state index contributed by atoms with van der Waals surface area (Å²) in [4.78, 5) is 38.6. The number of hydrogen-bond donors (Lipinski definition) is 1. The summed E-state index contributed by atoms with van der Waals surface area (Å²) in [6.07, 6.45) is 1.06. The second-order valence-corrected chi connectivity index (χ2v) is 6.58. The molecule has 0 bridgehead atoms. The predicted molar refractivity (Wildman–Crippen MR) is 80.1 cm³/mol. The van der Waals surface area contributed by atoms with Gasteiger partial charge in [-0.3, -0.25) is 14.5 Å². The van der Waals surface area contributed by atoms with E-state index in [1.165, 1.54) is 0 Å². The number of piperidine rings is 1. The van der Waals surface area contributed by atoms with Gasteiger partial charge in [-0.1, -0.05) is 0 Å². The van der Waals surface area contributed by atoms with Crippen LogP contribution in [0.1, 0.15) is 33.6 Å². The monoisotopic (exact) mass is 311 g/mol. The van der Waals surface area contributed by atoms with Gasteiger partial charge < -0.3 is 15.0 Å². The van der Waals surface area contributed by atoms with Gasteiger partial charge >= 0.3 is 6.09 Å². The van der Waals surface area contributed by atoms with Crippen LogP contribution >= 0.6 is 0 Å². The van der Waals surface area contributed by atoms with Crippen LogP contribution in [0.4, 0.5) is 4.79 Å². The summed E-state index contributed by atoms with van der Waals surface area (Å²) >= 11 is 0. The number of carbonyl (C=O) groups is 3. The third-order valence-electron chi connectivity index (χ3n) is 4.50. The van der Waals surface area contributed by atoms with Crippen LogP contribution in [0.5, 0.6) is 0 Å². The zero-order valence-corrected chi connectivity index (χ0v) is 13.6. The third-order valence-corrected chi connectivity index (χ3v) is 4.50. The molecule has 3 amide bonds. The van der Waals surface area contributed by atoms with Crippen molar-refractivity contribution in [1.82, 2.24) is 15.1 Å². The minimum Gasteiger partial charge on any atom is -0.448 e. The molecule has 2 aliphatic rings. The van der Waals surface area contributed by atoms with Crippen molar-refractivity contribution in [1.29, 1.82) is 0 Å². The molecule has 7 nitrogen and oxygen atoms in total. The van der Waals surface area contributed by atoms with E-state index in [1.54, 1.807) is 16.7 Å². The van der Waals surface area contributed by atoms with Gasteiger partial charge in [-0.2, -0.15) is 0 Å². The highest BCUT2D eigenvalue weighted by Gasteiger charge is 2.36. The number of ether oxygens (including phenoxy) is 1. The molecule has 0 aromatic heterocycles. The van der Waals surface area contributed by atoms with Crippen LogP contribution in [0, 0.1) is 5.92 Å². The highest BCUT2D eigenvalue weighted by Crippen LogP contribution is 2.20. The normalized spacial score (nSPS) is 20.0. The highest BCUT2D eigenvalue weighted by molar-refractivity contribution is 5.79. The fraction of sp³-hybridized carbons (Fsp3) is 0.800.